The molecule has 1 atom stereocenters. The number of carbonyl (C=O) groups is 1. The SMILES string of the molecule is Cc1ccccc1OC(=O)NC1CCC2(CC1)OC(c1ccccc1C)c1ccccc12. The molecule has 3 aromatic rings. The summed E-state index contributed by atoms with van der Waals surface area (Å²) < 4.78 is 12.4. The molecule has 4 nitrogen and oxygen atoms in total. The second-order valence-corrected chi connectivity index (χ2v) is 9.01. The van der Waals surface area contributed by atoms with Crippen molar-refractivity contribution in [2.24, 2.45) is 0 Å². The number of aryl methyl sites for hydroxylation is 2. The van der Waals surface area contributed by atoms with E-state index in [-0.39, 0.29) is 23.8 Å². The third-order valence-electron chi connectivity index (χ3n) is 6.96. The Morgan fingerprint density at radius 1 is 0.875 bits per heavy atom. The summed E-state index contributed by atoms with van der Waals surface area (Å²) in [5.41, 5.74) is 5.71. The van der Waals surface area contributed by atoms with Gasteiger partial charge in [-0.25, -0.2) is 4.79 Å². The molecule has 1 saturated carbocycles. The fourth-order valence-electron chi connectivity index (χ4n) is 5.19. The van der Waals surface area contributed by atoms with Gasteiger partial charge in [-0.3, -0.25) is 0 Å². The lowest BCUT2D eigenvalue weighted by Crippen LogP contribution is -2.43. The summed E-state index contributed by atoms with van der Waals surface area (Å²) in [4.78, 5) is 12.5. The van der Waals surface area contributed by atoms with Gasteiger partial charge < -0.3 is 14.8 Å². The Kier molecular flexibility index (Phi) is 5.48. The summed E-state index contributed by atoms with van der Waals surface area (Å²) in [5.74, 6) is 0.603. The van der Waals surface area contributed by atoms with E-state index in [1.807, 2.05) is 31.2 Å². The van der Waals surface area contributed by atoms with E-state index in [4.69, 9.17) is 9.47 Å². The maximum Gasteiger partial charge on any atom is 0.412 e. The van der Waals surface area contributed by atoms with Crippen LogP contribution >= 0.6 is 0 Å². The van der Waals surface area contributed by atoms with Crippen molar-refractivity contribution < 1.29 is 14.3 Å². The van der Waals surface area contributed by atoms with E-state index in [2.05, 4.69) is 60.8 Å². The molecule has 0 aromatic heterocycles. The van der Waals surface area contributed by atoms with Crippen LogP contribution in [0, 0.1) is 13.8 Å². The molecule has 1 aliphatic heterocycles. The van der Waals surface area contributed by atoms with E-state index in [0.717, 1.165) is 31.2 Å². The fourth-order valence-corrected chi connectivity index (χ4v) is 5.19. The molecule has 1 fully saturated rings. The van der Waals surface area contributed by atoms with Crippen LogP contribution in [0.3, 0.4) is 0 Å². The first kappa shape index (κ1) is 20.8. The van der Waals surface area contributed by atoms with E-state index in [1.54, 1.807) is 0 Å². The maximum absolute atomic E-state index is 12.5. The van der Waals surface area contributed by atoms with Gasteiger partial charge in [-0.1, -0.05) is 66.7 Å². The fraction of sp³-hybridized carbons (Fsp3) is 0.321. The smallest absolute Gasteiger partial charge is 0.410 e. The Hall–Kier alpha value is -3.11. The highest BCUT2D eigenvalue weighted by molar-refractivity contribution is 5.71. The minimum atomic E-state index is -0.384. The van der Waals surface area contributed by atoms with E-state index in [1.165, 1.54) is 22.3 Å². The van der Waals surface area contributed by atoms with Crippen LogP contribution in [0.4, 0.5) is 4.79 Å². The molecular formula is C28H29NO3. The summed E-state index contributed by atoms with van der Waals surface area (Å²) in [5, 5.41) is 3.06. The van der Waals surface area contributed by atoms with Crippen molar-refractivity contribution in [3.8, 4) is 5.75 Å². The quantitative estimate of drug-likeness (QED) is 0.530. The van der Waals surface area contributed by atoms with Gasteiger partial charge in [-0.15, -0.1) is 0 Å². The van der Waals surface area contributed by atoms with E-state index < -0.39 is 0 Å². The minimum Gasteiger partial charge on any atom is -0.410 e. The van der Waals surface area contributed by atoms with Crippen molar-refractivity contribution in [3.63, 3.8) is 0 Å². The zero-order valence-corrected chi connectivity index (χ0v) is 18.6. The van der Waals surface area contributed by atoms with Gasteiger partial charge in [-0.05, 0) is 73.4 Å². The van der Waals surface area contributed by atoms with Gasteiger partial charge in [0.25, 0.3) is 0 Å². The Labute approximate surface area is 189 Å². The molecule has 2 aliphatic rings. The van der Waals surface area contributed by atoms with Crippen LogP contribution in [-0.2, 0) is 10.3 Å². The first-order valence-electron chi connectivity index (χ1n) is 11.4. The summed E-state index contributed by atoms with van der Waals surface area (Å²) in [7, 11) is 0. The predicted molar refractivity (Wildman–Crippen MR) is 125 cm³/mol. The monoisotopic (exact) mass is 427 g/mol. The van der Waals surface area contributed by atoms with Crippen molar-refractivity contribution in [2.75, 3.05) is 0 Å². The average Bonchev–Trinajstić information content (AvgIpc) is 3.11. The summed E-state index contributed by atoms with van der Waals surface area (Å²) in [6.45, 7) is 4.08. The third kappa shape index (κ3) is 3.80. The normalized spacial score (nSPS) is 24.2. The third-order valence-corrected chi connectivity index (χ3v) is 6.96. The highest BCUT2D eigenvalue weighted by atomic mass is 16.6. The van der Waals surface area contributed by atoms with E-state index >= 15 is 0 Å². The molecule has 1 unspecified atom stereocenters. The van der Waals surface area contributed by atoms with Gasteiger partial charge in [0.2, 0.25) is 0 Å². The lowest BCUT2D eigenvalue weighted by molar-refractivity contribution is -0.0879. The van der Waals surface area contributed by atoms with Crippen LogP contribution in [-0.4, -0.2) is 12.1 Å². The Balaban J connectivity index is 1.29. The number of fused-ring (bicyclic) bond motifs is 2. The highest BCUT2D eigenvalue weighted by Gasteiger charge is 2.47. The van der Waals surface area contributed by atoms with Gasteiger partial charge in [0.1, 0.15) is 11.9 Å². The van der Waals surface area contributed by atoms with E-state index in [0.29, 0.717) is 5.75 Å². The molecule has 1 spiro atoms. The van der Waals surface area contributed by atoms with Gasteiger partial charge in [0, 0.05) is 6.04 Å². The molecule has 0 saturated heterocycles. The molecule has 3 aromatic carbocycles. The zero-order chi connectivity index (χ0) is 22.1. The van der Waals surface area contributed by atoms with Crippen molar-refractivity contribution in [1.29, 1.82) is 0 Å². The van der Waals surface area contributed by atoms with Crippen molar-refractivity contribution in [2.45, 2.75) is 57.3 Å². The topological polar surface area (TPSA) is 47.6 Å². The number of para-hydroxylation sites is 1. The van der Waals surface area contributed by atoms with Crippen molar-refractivity contribution in [1.82, 2.24) is 5.32 Å². The number of hydrogen-bond acceptors (Lipinski definition) is 3. The Morgan fingerprint density at radius 2 is 1.50 bits per heavy atom. The number of benzene rings is 3. The van der Waals surface area contributed by atoms with Crippen LogP contribution in [0.2, 0.25) is 0 Å². The number of hydrogen-bond donors (Lipinski definition) is 1. The second-order valence-electron chi connectivity index (χ2n) is 9.01. The van der Waals surface area contributed by atoms with Crippen molar-refractivity contribution in [3.05, 3.63) is 101 Å². The van der Waals surface area contributed by atoms with Crippen LogP contribution < -0.4 is 10.1 Å². The molecule has 32 heavy (non-hydrogen) atoms. The summed E-state index contributed by atoms with van der Waals surface area (Å²) in [6.07, 6.45) is 3.05. The zero-order valence-electron chi connectivity index (χ0n) is 18.6. The van der Waals surface area contributed by atoms with Crippen LogP contribution in [0.25, 0.3) is 0 Å². The Morgan fingerprint density at radius 3 is 2.22 bits per heavy atom. The highest BCUT2D eigenvalue weighted by Crippen LogP contribution is 2.53. The molecular weight excluding hydrogens is 398 g/mol. The molecule has 0 bridgehead atoms. The predicted octanol–water partition coefficient (Wildman–Crippen LogP) is 6.35. The van der Waals surface area contributed by atoms with Crippen LogP contribution in [0.15, 0.2) is 72.8 Å². The molecule has 164 valence electrons. The van der Waals surface area contributed by atoms with Gasteiger partial charge in [0.15, 0.2) is 0 Å². The van der Waals surface area contributed by atoms with Crippen LogP contribution in [0.1, 0.15) is 59.6 Å². The minimum absolute atomic E-state index is 0.0390. The molecule has 1 heterocycles. The second kappa shape index (κ2) is 8.44. The van der Waals surface area contributed by atoms with Gasteiger partial charge in [-0.2, -0.15) is 0 Å². The standard InChI is InChI=1S/C28H29NO3/c1-19-9-3-5-11-22(19)26-23-12-6-7-13-24(23)28(32-26)17-15-21(16-18-28)29-27(30)31-25-14-8-4-10-20(25)2/h3-14,21,26H,15-18H2,1-2H3,(H,29,30). The number of nitrogens with one attached hydrogen (secondary N) is 1. The van der Waals surface area contributed by atoms with Gasteiger partial charge >= 0.3 is 6.09 Å². The number of amides is 1. The van der Waals surface area contributed by atoms with Gasteiger partial charge in [0.05, 0.1) is 5.60 Å². The first-order chi connectivity index (χ1) is 15.6. The maximum atomic E-state index is 12.5. The largest absolute Gasteiger partial charge is 0.412 e. The number of ether oxygens (including phenoxy) is 2. The van der Waals surface area contributed by atoms with E-state index in [9.17, 15) is 4.79 Å². The summed E-state index contributed by atoms with van der Waals surface area (Å²) in [6, 6.07) is 24.7. The molecule has 0 radical (unpaired) electrons. The van der Waals surface area contributed by atoms with Crippen LogP contribution in [0.5, 0.6) is 5.75 Å². The summed E-state index contributed by atoms with van der Waals surface area (Å²) >= 11 is 0. The first-order valence-corrected chi connectivity index (χ1v) is 11.4. The lowest BCUT2D eigenvalue weighted by Gasteiger charge is -2.38. The number of rotatable bonds is 3. The Bertz CT molecular complexity index is 1130. The molecule has 1 N–H and O–H groups in total. The molecule has 4 heteroatoms. The molecule has 5 rings (SSSR count). The van der Waals surface area contributed by atoms with Crippen molar-refractivity contribution >= 4 is 6.09 Å². The number of carbonyl (C=O) groups excluding carboxylic acids is 1. The average molecular weight is 428 g/mol. The lowest BCUT2D eigenvalue weighted by atomic mass is 9.77. The molecule has 1 amide bonds. The molecule has 1 aliphatic carbocycles.